The summed E-state index contributed by atoms with van der Waals surface area (Å²) in [6, 6.07) is 30.8. The van der Waals surface area contributed by atoms with Gasteiger partial charge in [-0.2, -0.15) is 0 Å². The number of aryl methyl sites for hydroxylation is 2. The summed E-state index contributed by atoms with van der Waals surface area (Å²) in [5, 5.41) is 32.2. The zero-order chi connectivity index (χ0) is 24.0. The van der Waals surface area contributed by atoms with E-state index in [1.807, 2.05) is 66.7 Å². The molecule has 0 saturated carbocycles. The van der Waals surface area contributed by atoms with Gasteiger partial charge in [-0.1, -0.05) is 92.2 Å². The number of benzene rings is 4. The topological polar surface area (TPSA) is 60.7 Å². The van der Waals surface area contributed by atoms with Gasteiger partial charge in [0.25, 0.3) is 0 Å². The SMILES string of the molecule is CCCC(c1ccccc1O)(c1ccccc1O)c1ccccc1CCCc1ccccc1O. The van der Waals surface area contributed by atoms with E-state index in [1.165, 1.54) is 5.56 Å². The maximum absolute atomic E-state index is 11.0. The standard InChI is InChI=1S/C31H32O3/c1-2-22-31(26-17-6-9-20-29(26)33,27-18-7-10-21-30(27)34)25-16-5-3-12-23(25)14-11-15-24-13-4-8-19-28(24)32/h3-10,12-13,16-21,32-34H,2,11,14-15,22H2,1H3. The Hall–Kier alpha value is -3.72. The molecule has 4 rings (SSSR count). The first-order valence-corrected chi connectivity index (χ1v) is 12.0. The average molecular weight is 453 g/mol. The van der Waals surface area contributed by atoms with Crippen molar-refractivity contribution in [2.45, 2.75) is 44.4 Å². The Bertz CT molecular complexity index is 1200. The molecule has 0 amide bonds. The zero-order valence-corrected chi connectivity index (χ0v) is 19.6. The van der Waals surface area contributed by atoms with Gasteiger partial charge in [0.05, 0.1) is 5.41 Å². The summed E-state index contributed by atoms with van der Waals surface area (Å²) in [5.74, 6) is 0.783. The lowest BCUT2D eigenvalue weighted by molar-refractivity contribution is 0.423. The quantitative estimate of drug-likeness (QED) is 0.237. The number of phenols is 3. The molecule has 0 aromatic heterocycles. The van der Waals surface area contributed by atoms with Crippen LogP contribution in [0.1, 0.15) is 54.0 Å². The first kappa shape index (κ1) is 23.4. The van der Waals surface area contributed by atoms with Gasteiger partial charge in [-0.15, -0.1) is 0 Å². The zero-order valence-electron chi connectivity index (χ0n) is 19.6. The van der Waals surface area contributed by atoms with Crippen LogP contribution in [0.3, 0.4) is 0 Å². The van der Waals surface area contributed by atoms with Crippen molar-refractivity contribution >= 4 is 0 Å². The highest BCUT2D eigenvalue weighted by Crippen LogP contribution is 2.50. The van der Waals surface area contributed by atoms with Gasteiger partial charge in [-0.05, 0) is 60.6 Å². The fourth-order valence-corrected chi connectivity index (χ4v) is 5.23. The number of aromatic hydroxyl groups is 3. The summed E-state index contributed by atoms with van der Waals surface area (Å²) in [6.45, 7) is 2.13. The van der Waals surface area contributed by atoms with E-state index in [1.54, 1.807) is 18.2 Å². The number of hydrogen-bond donors (Lipinski definition) is 3. The first-order valence-electron chi connectivity index (χ1n) is 12.0. The Labute approximate surface area is 202 Å². The van der Waals surface area contributed by atoms with Crippen LogP contribution in [-0.4, -0.2) is 15.3 Å². The van der Waals surface area contributed by atoms with Crippen molar-refractivity contribution in [3.63, 3.8) is 0 Å². The minimum Gasteiger partial charge on any atom is -0.508 e. The van der Waals surface area contributed by atoms with E-state index in [-0.39, 0.29) is 11.5 Å². The highest BCUT2D eigenvalue weighted by Gasteiger charge is 2.40. The third kappa shape index (κ3) is 4.51. The molecule has 4 aromatic rings. The molecular weight excluding hydrogens is 420 g/mol. The molecule has 0 fully saturated rings. The van der Waals surface area contributed by atoms with Gasteiger partial charge in [0.1, 0.15) is 17.2 Å². The van der Waals surface area contributed by atoms with E-state index >= 15 is 0 Å². The molecule has 0 atom stereocenters. The third-order valence-corrected chi connectivity index (χ3v) is 6.71. The normalized spacial score (nSPS) is 11.4. The molecule has 0 spiro atoms. The maximum Gasteiger partial charge on any atom is 0.120 e. The Morgan fingerprint density at radius 2 is 0.971 bits per heavy atom. The summed E-state index contributed by atoms with van der Waals surface area (Å²) in [7, 11) is 0. The largest absolute Gasteiger partial charge is 0.508 e. The first-order chi connectivity index (χ1) is 16.6. The van der Waals surface area contributed by atoms with E-state index in [2.05, 4.69) is 19.1 Å². The minimum atomic E-state index is -0.698. The van der Waals surface area contributed by atoms with E-state index in [0.717, 1.165) is 54.4 Å². The third-order valence-electron chi connectivity index (χ3n) is 6.71. The molecule has 0 aliphatic heterocycles. The fourth-order valence-electron chi connectivity index (χ4n) is 5.23. The van der Waals surface area contributed by atoms with Gasteiger partial charge in [0.2, 0.25) is 0 Å². The highest BCUT2D eigenvalue weighted by molar-refractivity contribution is 5.60. The second-order valence-corrected chi connectivity index (χ2v) is 8.83. The molecule has 3 nitrogen and oxygen atoms in total. The lowest BCUT2D eigenvalue weighted by Gasteiger charge is -2.38. The lowest BCUT2D eigenvalue weighted by Crippen LogP contribution is -2.31. The summed E-state index contributed by atoms with van der Waals surface area (Å²) in [6.07, 6.45) is 4.07. The van der Waals surface area contributed by atoms with Crippen LogP contribution in [0, 0.1) is 0 Å². The molecule has 0 aliphatic carbocycles. The number of hydrogen-bond acceptors (Lipinski definition) is 3. The van der Waals surface area contributed by atoms with Gasteiger partial charge in [-0.25, -0.2) is 0 Å². The molecule has 34 heavy (non-hydrogen) atoms. The van der Waals surface area contributed by atoms with Crippen LogP contribution in [0.5, 0.6) is 17.2 Å². The molecular formula is C31H32O3. The van der Waals surface area contributed by atoms with Crippen molar-refractivity contribution in [2.75, 3.05) is 0 Å². The molecule has 3 heteroatoms. The summed E-state index contributed by atoms with van der Waals surface area (Å²) in [4.78, 5) is 0. The maximum atomic E-state index is 11.0. The summed E-state index contributed by atoms with van der Waals surface area (Å²) >= 11 is 0. The van der Waals surface area contributed by atoms with Gasteiger partial charge in [-0.3, -0.25) is 0 Å². The predicted octanol–water partition coefficient (Wildman–Crippen LogP) is 7.11. The van der Waals surface area contributed by atoms with Crippen LogP contribution in [0.15, 0.2) is 97.1 Å². The molecule has 0 saturated heterocycles. The Balaban J connectivity index is 1.84. The molecule has 0 radical (unpaired) electrons. The van der Waals surface area contributed by atoms with Gasteiger partial charge < -0.3 is 15.3 Å². The Morgan fingerprint density at radius 3 is 1.50 bits per heavy atom. The van der Waals surface area contributed by atoms with Crippen LogP contribution < -0.4 is 0 Å². The van der Waals surface area contributed by atoms with E-state index in [4.69, 9.17) is 0 Å². The van der Waals surface area contributed by atoms with Crippen LogP contribution in [0.2, 0.25) is 0 Å². The van der Waals surface area contributed by atoms with Gasteiger partial charge in [0.15, 0.2) is 0 Å². The van der Waals surface area contributed by atoms with Crippen LogP contribution in [0.4, 0.5) is 0 Å². The van der Waals surface area contributed by atoms with Gasteiger partial charge in [0, 0.05) is 11.1 Å². The lowest BCUT2D eigenvalue weighted by atomic mass is 9.64. The number of para-hydroxylation sites is 3. The second-order valence-electron chi connectivity index (χ2n) is 8.83. The summed E-state index contributed by atoms with van der Waals surface area (Å²) in [5.41, 5.74) is 4.12. The number of rotatable bonds is 9. The highest BCUT2D eigenvalue weighted by atomic mass is 16.3. The molecule has 0 aliphatic rings. The second kappa shape index (κ2) is 10.5. The van der Waals surface area contributed by atoms with Crippen molar-refractivity contribution < 1.29 is 15.3 Å². The predicted molar refractivity (Wildman–Crippen MR) is 138 cm³/mol. The molecule has 4 aromatic carbocycles. The molecule has 0 bridgehead atoms. The molecule has 174 valence electrons. The van der Waals surface area contributed by atoms with Gasteiger partial charge >= 0.3 is 0 Å². The van der Waals surface area contributed by atoms with E-state index < -0.39 is 5.41 Å². The minimum absolute atomic E-state index is 0.225. The molecule has 0 heterocycles. The van der Waals surface area contributed by atoms with Crippen molar-refractivity contribution in [2.24, 2.45) is 0 Å². The monoisotopic (exact) mass is 452 g/mol. The van der Waals surface area contributed by atoms with Crippen molar-refractivity contribution in [1.29, 1.82) is 0 Å². The van der Waals surface area contributed by atoms with E-state index in [0.29, 0.717) is 5.75 Å². The molecule has 0 unspecified atom stereocenters. The smallest absolute Gasteiger partial charge is 0.120 e. The molecule has 3 N–H and O–H groups in total. The van der Waals surface area contributed by atoms with Crippen molar-refractivity contribution in [3.05, 3.63) is 125 Å². The van der Waals surface area contributed by atoms with Crippen LogP contribution in [-0.2, 0) is 18.3 Å². The Kier molecular flexibility index (Phi) is 7.22. The average Bonchev–Trinajstić information content (AvgIpc) is 2.85. The van der Waals surface area contributed by atoms with Crippen LogP contribution >= 0.6 is 0 Å². The van der Waals surface area contributed by atoms with Crippen molar-refractivity contribution in [1.82, 2.24) is 0 Å². The van der Waals surface area contributed by atoms with E-state index in [9.17, 15) is 15.3 Å². The Morgan fingerprint density at radius 1 is 0.529 bits per heavy atom. The summed E-state index contributed by atoms with van der Waals surface area (Å²) < 4.78 is 0. The fraction of sp³-hybridized carbons (Fsp3) is 0.226. The van der Waals surface area contributed by atoms with Crippen LogP contribution in [0.25, 0.3) is 0 Å². The van der Waals surface area contributed by atoms with Crippen molar-refractivity contribution in [3.8, 4) is 17.2 Å². The number of phenolic OH excluding ortho intramolecular Hbond substituents is 3.